The van der Waals surface area contributed by atoms with Gasteiger partial charge in [0, 0.05) is 17.6 Å². The summed E-state index contributed by atoms with van der Waals surface area (Å²) in [7, 11) is 0. The average Bonchev–Trinajstić information content (AvgIpc) is 2.65. The van der Waals surface area contributed by atoms with Crippen molar-refractivity contribution in [3.8, 4) is 0 Å². The van der Waals surface area contributed by atoms with Crippen LogP contribution in [0.5, 0.6) is 0 Å². The fourth-order valence-electron chi connectivity index (χ4n) is 2.20. The van der Waals surface area contributed by atoms with Gasteiger partial charge in [0.05, 0.1) is 12.2 Å². The highest BCUT2D eigenvalue weighted by Gasteiger charge is 2.06. The van der Waals surface area contributed by atoms with Crippen molar-refractivity contribution in [2.24, 2.45) is 0 Å². The molecule has 0 unspecified atom stereocenters. The number of anilines is 4. The molecule has 0 amide bonds. The van der Waals surface area contributed by atoms with E-state index in [1.165, 1.54) is 12.1 Å². The summed E-state index contributed by atoms with van der Waals surface area (Å²) >= 11 is 0. The van der Waals surface area contributed by atoms with Gasteiger partial charge in [-0.2, -0.15) is 4.98 Å². The van der Waals surface area contributed by atoms with Crippen LogP contribution in [-0.4, -0.2) is 22.5 Å². The zero-order chi connectivity index (χ0) is 18.4. The summed E-state index contributed by atoms with van der Waals surface area (Å²) in [5.41, 5.74) is 1.94. The number of nitrogens with zero attached hydrogens (tertiary/aromatic N) is 2. The normalized spacial score (nSPS) is 10.2. The van der Waals surface area contributed by atoms with E-state index in [1.54, 1.807) is 55.6 Å². The predicted molar refractivity (Wildman–Crippen MR) is 97.4 cm³/mol. The Hall–Kier alpha value is -3.48. The Labute approximate surface area is 150 Å². The van der Waals surface area contributed by atoms with E-state index in [0.29, 0.717) is 29.6 Å². The second-order valence-electron chi connectivity index (χ2n) is 5.32. The first-order chi connectivity index (χ1) is 12.6. The van der Waals surface area contributed by atoms with E-state index in [9.17, 15) is 9.18 Å². The molecule has 0 aliphatic heterocycles. The van der Waals surface area contributed by atoms with Crippen LogP contribution >= 0.6 is 0 Å². The quantitative estimate of drug-likeness (QED) is 0.645. The summed E-state index contributed by atoms with van der Waals surface area (Å²) in [6.45, 7) is 2.10. The lowest BCUT2D eigenvalue weighted by atomic mass is 10.2. The van der Waals surface area contributed by atoms with Crippen LogP contribution < -0.4 is 10.6 Å². The second kappa shape index (κ2) is 8.06. The highest BCUT2D eigenvalue weighted by molar-refractivity contribution is 5.89. The van der Waals surface area contributed by atoms with E-state index < -0.39 is 0 Å². The molecule has 2 aromatic carbocycles. The minimum absolute atomic E-state index is 0.307. The van der Waals surface area contributed by atoms with Gasteiger partial charge in [-0.25, -0.2) is 14.2 Å². The molecule has 132 valence electrons. The molecule has 0 spiro atoms. The SMILES string of the molecule is CCOC(=O)c1ccc(Nc2ccnc(Nc3ccc(F)cc3)n2)cc1. The van der Waals surface area contributed by atoms with Crippen LogP contribution in [0, 0.1) is 5.82 Å². The number of nitrogens with one attached hydrogen (secondary N) is 2. The van der Waals surface area contributed by atoms with Crippen molar-refractivity contribution in [1.82, 2.24) is 9.97 Å². The van der Waals surface area contributed by atoms with Crippen LogP contribution in [0.1, 0.15) is 17.3 Å². The molecule has 26 heavy (non-hydrogen) atoms. The molecule has 0 saturated heterocycles. The zero-order valence-corrected chi connectivity index (χ0v) is 14.1. The van der Waals surface area contributed by atoms with Gasteiger partial charge in [-0.05, 0) is 61.5 Å². The van der Waals surface area contributed by atoms with Crippen molar-refractivity contribution in [2.75, 3.05) is 17.2 Å². The van der Waals surface area contributed by atoms with Gasteiger partial charge < -0.3 is 15.4 Å². The van der Waals surface area contributed by atoms with E-state index in [4.69, 9.17) is 4.74 Å². The van der Waals surface area contributed by atoms with Crippen LogP contribution in [0.2, 0.25) is 0 Å². The van der Waals surface area contributed by atoms with Crippen molar-refractivity contribution in [1.29, 1.82) is 0 Å². The molecule has 0 aliphatic carbocycles. The van der Waals surface area contributed by atoms with Crippen LogP contribution in [0.25, 0.3) is 0 Å². The van der Waals surface area contributed by atoms with Crippen molar-refractivity contribution in [3.63, 3.8) is 0 Å². The molecule has 0 aliphatic rings. The molecule has 0 fully saturated rings. The van der Waals surface area contributed by atoms with Crippen LogP contribution in [-0.2, 0) is 4.74 Å². The topological polar surface area (TPSA) is 76.1 Å². The molecule has 0 bridgehead atoms. The van der Waals surface area contributed by atoms with Crippen LogP contribution in [0.15, 0.2) is 60.8 Å². The average molecular weight is 352 g/mol. The Balaban J connectivity index is 1.68. The van der Waals surface area contributed by atoms with E-state index >= 15 is 0 Å². The first kappa shape index (κ1) is 17.3. The summed E-state index contributed by atoms with van der Waals surface area (Å²) in [4.78, 5) is 20.2. The molecule has 2 N–H and O–H groups in total. The van der Waals surface area contributed by atoms with Gasteiger partial charge in [-0.3, -0.25) is 0 Å². The number of carbonyl (C=O) groups is 1. The molecule has 7 heteroatoms. The smallest absolute Gasteiger partial charge is 0.338 e. The molecule has 3 rings (SSSR count). The molecule has 3 aromatic rings. The van der Waals surface area contributed by atoms with Gasteiger partial charge in [0.2, 0.25) is 5.95 Å². The summed E-state index contributed by atoms with van der Waals surface area (Å²) in [6.07, 6.45) is 1.61. The number of ether oxygens (including phenoxy) is 1. The van der Waals surface area contributed by atoms with Gasteiger partial charge in [0.1, 0.15) is 11.6 Å². The minimum atomic E-state index is -0.355. The fraction of sp³-hybridized carbons (Fsp3) is 0.105. The van der Waals surface area contributed by atoms with E-state index in [2.05, 4.69) is 20.6 Å². The molecule has 0 saturated carbocycles. The minimum Gasteiger partial charge on any atom is -0.462 e. The summed E-state index contributed by atoms with van der Waals surface area (Å²) in [5.74, 6) is 0.295. The maximum absolute atomic E-state index is 13.0. The molecule has 1 aromatic heterocycles. The lowest BCUT2D eigenvalue weighted by Gasteiger charge is -2.09. The first-order valence-electron chi connectivity index (χ1n) is 8.04. The summed E-state index contributed by atoms with van der Waals surface area (Å²) in [6, 6.07) is 14.5. The molecular weight excluding hydrogens is 335 g/mol. The maximum Gasteiger partial charge on any atom is 0.338 e. The van der Waals surface area contributed by atoms with Crippen molar-refractivity contribution in [2.45, 2.75) is 6.92 Å². The third kappa shape index (κ3) is 4.54. The van der Waals surface area contributed by atoms with Gasteiger partial charge >= 0.3 is 5.97 Å². The fourth-order valence-corrected chi connectivity index (χ4v) is 2.20. The number of benzene rings is 2. The van der Waals surface area contributed by atoms with Crippen molar-refractivity contribution in [3.05, 3.63) is 72.2 Å². The van der Waals surface area contributed by atoms with Gasteiger partial charge in [0.25, 0.3) is 0 Å². The third-order valence-electron chi connectivity index (χ3n) is 3.42. The molecule has 0 radical (unpaired) electrons. The van der Waals surface area contributed by atoms with Gasteiger partial charge in [-0.1, -0.05) is 0 Å². The highest BCUT2D eigenvalue weighted by Crippen LogP contribution is 2.18. The standard InChI is InChI=1S/C19H17FN4O2/c1-2-26-18(25)13-3-7-15(8-4-13)22-17-11-12-21-19(24-17)23-16-9-5-14(20)6-10-16/h3-12H,2H2,1H3,(H2,21,22,23,24). The lowest BCUT2D eigenvalue weighted by Crippen LogP contribution is -2.04. The molecule has 6 nitrogen and oxygen atoms in total. The summed E-state index contributed by atoms with van der Waals surface area (Å²) < 4.78 is 17.9. The van der Waals surface area contributed by atoms with Crippen LogP contribution in [0.4, 0.5) is 27.5 Å². The largest absolute Gasteiger partial charge is 0.462 e. The van der Waals surface area contributed by atoms with E-state index in [0.717, 1.165) is 5.69 Å². The molecular formula is C19H17FN4O2. The Bertz CT molecular complexity index is 883. The number of rotatable bonds is 6. The molecule has 1 heterocycles. The monoisotopic (exact) mass is 352 g/mol. The second-order valence-corrected chi connectivity index (χ2v) is 5.32. The Morgan fingerprint density at radius 3 is 2.35 bits per heavy atom. The predicted octanol–water partition coefficient (Wildman–Crippen LogP) is 4.28. The highest BCUT2D eigenvalue weighted by atomic mass is 19.1. The number of carbonyl (C=O) groups excluding carboxylic acids is 1. The van der Waals surface area contributed by atoms with Crippen LogP contribution in [0.3, 0.4) is 0 Å². The lowest BCUT2D eigenvalue weighted by molar-refractivity contribution is 0.0526. The summed E-state index contributed by atoms with van der Waals surface area (Å²) in [5, 5.41) is 6.14. The van der Waals surface area contributed by atoms with Crippen molar-refractivity contribution >= 4 is 29.1 Å². The number of halogens is 1. The zero-order valence-electron chi connectivity index (χ0n) is 14.1. The third-order valence-corrected chi connectivity index (χ3v) is 3.42. The number of hydrogen-bond donors (Lipinski definition) is 2. The Morgan fingerprint density at radius 2 is 1.65 bits per heavy atom. The maximum atomic E-state index is 13.0. The Kier molecular flexibility index (Phi) is 5.38. The van der Waals surface area contributed by atoms with Gasteiger partial charge in [0.15, 0.2) is 0 Å². The van der Waals surface area contributed by atoms with Gasteiger partial charge in [-0.15, -0.1) is 0 Å². The number of hydrogen-bond acceptors (Lipinski definition) is 6. The van der Waals surface area contributed by atoms with Crippen molar-refractivity contribution < 1.29 is 13.9 Å². The Morgan fingerprint density at radius 1 is 1.00 bits per heavy atom. The number of aromatic nitrogens is 2. The molecule has 0 atom stereocenters. The van der Waals surface area contributed by atoms with E-state index in [1.807, 2.05) is 0 Å². The van der Waals surface area contributed by atoms with E-state index in [-0.39, 0.29) is 11.8 Å². The first-order valence-corrected chi connectivity index (χ1v) is 8.04. The number of esters is 1.